The predicted molar refractivity (Wildman–Crippen MR) is 185 cm³/mol. The minimum absolute atomic E-state index is 0.0508. The van der Waals surface area contributed by atoms with Crippen LogP contribution in [0.1, 0.15) is 129 Å². The van der Waals surface area contributed by atoms with Gasteiger partial charge in [0.15, 0.2) is 0 Å². The van der Waals surface area contributed by atoms with Crippen molar-refractivity contribution in [2.45, 2.75) is 131 Å². The summed E-state index contributed by atoms with van der Waals surface area (Å²) in [5, 5.41) is 0. The van der Waals surface area contributed by atoms with Gasteiger partial charge in [-0.3, -0.25) is 0 Å². The highest BCUT2D eigenvalue weighted by molar-refractivity contribution is 5.63. The second-order valence-electron chi connectivity index (χ2n) is 16.5. The van der Waals surface area contributed by atoms with Crippen molar-refractivity contribution in [2.24, 2.45) is 29.1 Å². The van der Waals surface area contributed by atoms with E-state index in [2.05, 4.69) is 94.4 Å². The summed E-state index contributed by atoms with van der Waals surface area (Å²) in [4.78, 5) is 0. The molecule has 3 heteroatoms. The normalized spacial score (nSPS) is 39.6. The van der Waals surface area contributed by atoms with E-state index in [4.69, 9.17) is 14.2 Å². The molecule has 244 valence electrons. The van der Waals surface area contributed by atoms with Crippen LogP contribution in [0.3, 0.4) is 0 Å². The molecule has 10 atom stereocenters. The van der Waals surface area contributed by atoms with Crippen LogP contribution in [0.25, 0.3) is 0 Å². The minimum Gasteiger partial charge on any atom is -0.375 e. The topological polar surface area (TPSA) is 27.7 Å². The number of fused-ring (bicyclic) bond motifs is 1. The van der Waals surface area contributed by atoms with Crippen LogP contribution in [-0.4, -0.2) is 38.1 Å². The van der Waals surface area contributed by atoms with Crippen LogP contribution in [0.2, 0.25) is 0 Å². The van der Waals surface area contributed by atoms with Crippen LogP contribution in [0, 0.1) is 36.0 Å². The summed E-state index contributed by atoms with van der Waals surface area (Å²) in [7, 11) is 0. The van der Waals surface area contributed by atoms with Crippen molar-refractivity contribution < 1.29 is 14.2 Å². The molecule has 45 heavy (non-hydrogen) atoms. The molecule has 0 spiro atoms. The third kappa shape index (κ3) is 4.68. The van der Waals surface area contributed by atoms with E-state index in [0.717, 1.165) is 32.7 Å². The lowest BCUT2D eigenvalue weighted by Crippen LogP contribution is -2.49. The Labute approximate surface area is 273 Å². The summed E-state index contributed by atoms with van der Waals surface area (Å²) in [5.74, 6) is 3.05. The molecular weight excluding hydrogens is 552 g/mol. The standard InChI is InChI=1S/C42H58O3/c1-21-12-17-32(44-18-21)41-40-34(25(5)19-45-41)27(7)37-26(6)33-22(2)15-16-30(38(33)28(8)39(37)42(40,10)11)31-20-43-29(9)35-23(3)13-14-24(4)36(31)35/h13,15-16,21,24-29,31-32,41H,12,14,17-20H2,1-11H3. The van der Waals surface area contributed by atoms with E-state index in [0.29, 0.717) is 41.4 Å². The van der Waals surface area contributed by atoms with Crippen LogP contribution < -0.4 is 0 Å². The van der Waals surface area contributed by atoms with E-state index in [9.17, 15) is 0 Å². The molecule has 6 aliphatic rings. The van der Waals surface area contributed by atoms with Gasteiger partial charge in [0.2, 0.25) is 0 Å². The van der Waals surface area contributed by atoms with E-state index >= 15 is 0 Å². The molecule has 7 rings (SSSR count). The third-order valence-electron chi connectivity index (χ3n) is 13.1. The summed E-state index contributed by atoms with van der Waals surface area (Å²) in [5.41, 5.74) is 17.1. The maximum Gasteiger partial charge on any atom is 0.106 e. The van der Waals surface area contributed by atoms with Gasteiger partial charge >= 0.3 is 0 Å². The Balaban J connectivity index is 1.38. The van der Waals surface area contributed by atoms with Crippen LogP contribution >= 0.6 is 0 Å². The average molecular weight is 611 g/mol. The van der Waals surface area contributed by atoms with Gasteiger partial charge in [0.05, 0.1) is 25.4 Å². The zero-order chi connectivity index (χ0) is 32.1. The van der Waals surface area contributed by atoms with E-state index < -0.39 is 0 Å². The van der Waals surface area contributed by atoms with Gasteiger partial charge in [-0.25, -0.2) is 0 Å². The maximum absolute atomic E-state index is 6.83. The average Bonchev–Trinajstić information content (AvgIpc) is 3.00. The van der Waals surface area contributed by atoms with Crippen molar-refractivity contribution >= 4 is 0 Å². The summed E-state index contributed by atoms with van der Waals surface area (Å²) in [6, 6.07) is 4.91. The largest absolute Gasteiger partial charge is 0.375 e. The second kappa shape index (κ2) is 11.3. The zero-order valence-corrected chi connectivity index (χ0v) is 30.0. The Hall–Kier alpha value is -1.94. The molecule has 0 N–H and O–H groups in total. The SMILES string of the molecule is CC1=CCC(C)C2=C1C(C)OCC2c1ccc(C)c2c1C(C)C1=C(C(C)C3=C(C(C4CCC(C)CO4)OCC3C)C1(C)C)C2C. The number of allylic oxidation sites excluding steroid dienone is 3. The van der Waals surface area contributed by atoms with E-state index in [1.165, 1.54) is 28.7 Å². The molecule has 0 aromatic heterocycles. The molecular formula is C42H58O3. The molecule has 0 radical (unpaired) electrons. The first-order chi connectivity index (χ1) is 21.3. The molecule has 3 heterocycles. The van der Waals surface area contributed by atoms with Crippen LogP contribution in [-0.2, 0) is 14.2 Å². The lowest BCUT2D eigenvalue weighted by molar-refractivity contribution is -0.105. The van der Waals surface area contributed by atoms with Gasteiger partial charge < -0.3 is 14.2 Å². The van der Waals surface area contributed by atoms with E-state index in [1.807, 2.05) is 0 Å². The first kappa shape index (κ1) is 31.6. The zero-order valence-electron chi connectivity index (χ0n) is 30.0. The van der Waals surface area contributed by atoms with Crippen molar-refractivity contribution in [2.75, 3.05) is 19.8 Å². The molecule has 3 aliphatic heterocycles. The molecule has 10 unspecified atom stereocenters. The van der Waals surface area contributed by atoms with Crippen LogP contribution in [0.5, 0.6) is 0 Å². The van der Waals surface area contributed by atoms with Gasteiger partial charge in [0, 0.05) is 35.7 Å². The Kier molecular flexibility index (Phi) is 7.98. The lowest BCUT2D eigenvalue weighted by atomic mass is 9.52. The van der Waals surface area contributed by atoms with Crippen molar-refractivity contribution in [1.29, 1.82) is 0 Å². The summed E-state index contributed by atoms with van der Waals surface area (Å²) >= 11 is 0. The smallest absolute Gasteiger partial charge is 0.106 e. The number of hydrogen-bond acceptors (Lipinski definition) is 3. The summed E-state index contributed by atoms with van der Waals surface area (Å²) < 4.78 is 20.0. The van der Waals surface area contributed by atoms with Gasteiger partial charge in [-0.2, -0.15) is 0 Å². The third-order valence-corrected chi connectivity index (χ3v) is 13.1. The van der Waals surface area contributed by atoms with Gasteiger partial charge in [-0.15, -0.1) is 0 Å². The lowest BCUT2D eigenvalue weighted by Gasteiger charge is -2.55. The van der Waals surface area contributed by atoms with E-state index in [1.54, 1.807) is 39.0 Å². The number of rotatable bonds is 2. The first-order valence-corrected chi connectivity index (χ1v) is 18.2. The van der Waals surface area contributed by atoms with Crippen LogP contribution in [0.15, 0.2) is 57.2 Å². The van der Waals surface area contributed by atoms with E-state index in [-0.39, 0.29) is 23.7 Å². The summed E-state index contributed by atoms with van der Waals surface area (Å²) in [6.07, 6.45) is 6.26. The fourth-order valence-corrected chi connectivity index (χ4v) is 11.2. The maximum atomic E-state index is 6.83. The fourth-order valence-electron chi connectivity index (χ4n) is 11.2. The Morgan fingerprint density at radius 2 is 1.44 bits per heavy atom. The molecule has 0 saturated carbocycles. The molecule has 0 bridgehead atoms. The Morgan fingerprint density at radius 3 is 2.16 bits per heavy atom. The highest BCUT2D eigenvalue weighted by Crippen LogP contribution is 2.63. The highest BCUT2D eigenvalue weighted by Gasteiger charge is 2.53. The number of benzene rings is 1. The van der Waals surface area contributed by atoms with Crippen molar-refractivity contribution in [1.82, 2.24) is 0 Å². The highest BCUT2D eigenvalue weighted by atomic mass is 16.5. The first-order valence-electron chi connectivity index (χ1n) is 18.2. The molecule has 0 amide bonds. The van der Waals surface area contributed by atoms with Gasteiger partial charge in [-0.05, 0) is 96.8 Å². The molecule has 1 saturated heterocycles. The fraction of sp³-hybridized carbons (Fsp3) is 0.667. The van der Waals surface area contributed by atoms with Crippen LogP contribution in [0.4, 0.5) is 0 Å². The molecule has 1 aromatic carbocycles. The minimum atomic E-state index is -0.102. The van der Waals surface area contributed by atoms with Crippen molar-refractivity contribution in [3.05, 3.63) is 79.5 Å². The van der Waals surface area contributed by atoms with Gasteiger partial charge in [0.25, 0.3) is 0 Å². The Bertz CT molecular complexity index is 1510. The predicted octanol–water partition coefficient (Wildman–Crippen LogP) is 10.1. The second-order valence-corrected chi connectivity index (χ2v) is 16.5. The number of aryl methyl sites for hydroxylation is 1. The number of hydrogen-bond donors (Lipinski definition) is 0. The van der Waals surface area contributed by atoms with Gasteiger partial charge in [0.1, 0.15) is 6.10 Å². The van der Waals surface area contributed by atoms with Crippen molar-refractivity contribution in [3.8, 4) is 0 Å². The quantitative estimate of drug-likeness (QED) is 0.312. The molecule has 1 aromatic rings. The van der Waals surface area contributed by atoms with Gasteiger partial charge in [-0.1, -0.05) is 95.9 Å². The Morgan fingerprint density at radius 1 is 0.689 bits per heavy atom. The monoisotopic (exact) mass is 610 g/mol. The molecule has 3 aliphatic carbocycles. The summed E-state index contributed by atoms with van der Waals surface area (Å²) in [6.45, 7) is 29.1. The molecule has 1 fully saturated rings. The number of ether oxygens (including phenoxy) is 3. The van der Waals surface area contributed by atoms with Crippen molar-refractivity contribution in [3.63, 3.8) is 0 Å². The molecule has 3 nitrogen and oxygen atoms in total.